The van der Waals surface area contributed by atoms with Crippen molar-refractivity contribution in [3.63, 3.8) is 0 Å². The molecule has 0 bridgehead atoms. The number of hydrogen-bond donors (Lipinski definition) is 3. The molecule has 8 nitrogen and oxygen atoms in total. The number of ether oxygens (including phenoxy) is 1. The quantitative estimate of drug-likeness (QED) is 0.473. The summed E-state index contributed by atoms with van der Waals surface area (Å²) < 4.78 is 28.8. The van der Waals surface area contributed by atoms with Crippen molar-refractivity contribution < 1.29 is 38.2 Å². The highest BCUT2D eigenvalue weighted by Crippen LogP contribution is 2.65. The van der Waals surface area contributed by atoms with E-state index in [-0.39, 0.29) is 0 Å². The molecule has 0 radical (unpaired) electrons. The third-order valence-electron chi connectivity index (χ3n) is 2.58. The van der Waals surface area contributed by atoms with Gasteiger partial charge in [0.05, 0.1) is 7.11 Å². The predicted octanol–water partition coefficient (Wildman–Crippen LogP) is -0.925. The van der Waals surface area contributed by atoms with E-state index in [1.807, 2.05) is 0 Å². The molecule has 3 N–H and O–H groups in total. The summed E-state index contributed by atoms with van der Waals surface area (Å²) in [5.74, 6) is 0.354. The predicted molar refractivity (Wildman–Crippen MR) is 63.7 cm³/mol. The topological polar surface area (TPSA) is 131 Å². The van der Waals surface area contributed by atoms with E-state index in [1.54, 1.807) is 6.07 Å². The van der Waals surface area contributed by atoms with Crippen molar-refractivity contribution in [2.24, 2.45) is 0 Å². The van der Waals surface area contributed by atoms with Crippen LogP contribution in [0, 0.1) is 0 Å². The van der Waals surface area contributed by atoms with Crippen LogP contribution >= 0.6 is 15.0 Å². The fourth-order valence-corrected chi connectivity index (χ4v) is 4.06. The zero-order chi connectivity index (χ0) is 14.9. The normalized spacial score (nSPS) is 20.9. The Kier molecular flexibility index (Phi) is 4.57. The van der Waals surface area contributed by atoms with Crippen LogP contribution in [0.4, 0.5) is 0 Å². The van der Waals surface area contributed by atoms with Crippen LogP contribution in [0.5, 0.6) is 5.75 Å². The lowest BCUT2D eigenvalue weighted by molar-refractivity contribution is -0.703. The summed E-state index contributed by atoms with van der Waals surface area (Å²) >= 11 is 0. The fourth-order valence-electron chi connectivity index (χ4n) is 1.42. The van der Waals surface area contributed by atoms with Gasteiger partial charge in [0.15, 0.2) is 26.1 Å². The van der Waals surface area contributed by atoms with Crippen LogP contribution in [0.3, 0.4) is 0 Å². The Bertz CT molecular complexity index is 527. The van der Waals surface area contributed by atoms with E-state index in [9.17, 15) is 24.0 Å². The van der Waals surface area contributed by atoms with Gasteiger partial charge in [-0.2, -0.15) is 4.57 Å². The Balaban J connectivity index is 3.23. The lowest BCUT2D eigenvalue weighted by Crippen LogP contribution is -2.48. The lowest BCUT2D eigenvalue weighted by Gasteiger charge is -2.35. The van der Waals surface area contributed by atoms with Gasteiger partial charge in [-0.25, -0.2) is 0 Å². The van der Waals surface area contributed by atoms with Crippen molar-refractivity contribution in [2.75, 3.05) is 13.8 Å². The molecule has 3 atom stereocenters. The van der Waals surface area contributed by atoms with Crippen LogP contribution < -0.4 is 14.2 Å². The minimum Gasteiger partial charge on any atom is -0.776 e. The van der Waals surface area contributed by atoms with Crippen LogP contribution in [0.15, 0.2) is 24.5 Å². The molecule has 1 rings (SSSR count). The smallest absolute Gasteiger partial charge is 0.263 e. The van der Waals surface area contributed by atoms with Crippen molar-refractivity contribution in [1.29, 1.82) is 0 Å². The van der Waals surface area contributed by atoms with Gasteiger partial charge in [-0.05, 0) is 6.07 Å². The molecule has 10 heteroatoms. The first-order valence-corrected chi connectivity index (χ1v) is 8.79. The molecule has 0 amide bonds. The average molecular weight is 311 g/mol. The van der Waals surface area contributed by atoms with Gasteiger partial charge in [0.1, 0.15) is 0 Å². The van der Waals surface area contributed by atoms with Gasteiger partial charge in [-0.15, -0.1) is 0 Å². The number of aromatic nitrogens is 1. The maximum atomic E-state index is 11.6. The Morgan fingerprint density at radius 1 is 1.47 bits per heavy atom. The summed E-state index contributed by atoms with van der Waals surface area (Å²) in [6.07, 6.45) is 2.68. The summed E-state index contributed by atoms with van der Waals surface area (Å²) in [6.45, 7) is -0.139. The van der Waals surface area contributed by atoms with Crippen LogP contribution in [-0.2, 0) is 15.7 Å². The summed E-state index contributed by atoms with van der Waals surface area (Å²) in [7, 11) is -8.62. The number of pyridine rings is 1. The molecule has 19 heavy (non-hydrogen) atoms. The maximum absolute atomic E-state index is 11.6. The number of hydrogen-bond acceptors (Lipinski definition) is 5. The van der Waals surface area contributed by atoms with E-state index in [2.05, 4.69) is 0 Å². The molecule has 0 aliphatic rings. The second-order valence-electron chi connectivity index (χ2n) is 4.09. The average Bonchev–Trinajstić information content (AvgIpc) is 2.26. The van der Waals surface area contributed by atoms with Crippen LogP contribution in [0.1, 0.15) is 0 Å². The molecule has 0 aromatic carbocycles. The minimum atomic E-state index is -5.47. The zero-order valence-corrected chi connectivity index (χ0v) is 12.1. The van der Waals surface area contributed by atoms with E-state index in [4.69, 9.17) is 9.63 Å². The SMILES string of the molecule is COc1ccc[n+](CC(O)(P(C)(=O)O)P(=O)([O-])O)c1. The highest BCUT2D eigenvalue weighted by atomic mass is 31.2. The van der Waals surface area contributed by atoms with E-state index in [0.717, 1.165) is 4.57 Å². The number of nitrogens with zero attached hydrogens (tertiary/aromatic N) is 1. The summed E-state index contributed by atoms with van der Waals surface area (Å²) in [5.41, 5.74) is 0. The van der Waals surface area contributed by atoms with E-state index < -0.39 is 26.6 Å². The molecule has 108 valence electrons. The molecule has 0 saturated carbocycles. The van der Waals surface area contributed by atoms with Crippen molar-refractivity contribution in [1.82, 2.24) is 0 Å². The third-order valence-corrected chi connectivity index (χ3v) is 6.97. The molecule has 0 aliphatic heterocycles. The van der Waals surface area contributed by atoms with E-state index in [0.29, 0.717) is 12.4 Å². The second-order valence-corrected chi connectivity index (χ2v) is 8.72. The van der Waals surface area contributed by atoms with Gasteiger partial charge in [-0.3, -0.25) is 4.57 Å². The molecule has 1 aromatic heterocycles. The number of rotatable bonds is 5. The minimum absolute atomic E-state index is 0.354. The zero-order valence-electron chi connectivity index (χ0n) is 10.3. The van der Waals surface area contributed by atoms with Crippen molar-refractivity contribution in [2.45, 2.75) is 11.6 Å². The van der Waals surface area contributed by atoms with Gasteiger partial charge in [0.2, 0.25) is 13.6 Å². The lowest BCUT2D eigenvalue weighted by atomic mass is 10.4. The largest absolute Gasteiger partial charge is 0.776 e. The van der Waals surface area contributed by atoms with Crippen LogP contribution in [-0.4, -0.2) is 33.8 Å². The van der Waals surface area contributed by atoms with Gasteiger partial charge in [0.25, 0.3) is 5.08 Å². The van der Waals surface area contributed by atoms with Crippen molar-refractivity contribution in [3.8, 4) is 5.75 Å². The Morgan fingerprint density at radius 2 is 2.05 bits per heavy atom. The van der Waals surface area contributed by atoms with Gasteiger partial charge >= 0.3 is 0 Å². The van der Waals surface area contributed by atoms with Gasteiger partial charge in [0, 0.05) is 12.7 Å². The van der Waals surface area contributed by atoms with Gasteiger partial charge in [-0.1, -0.05) is 0 Å². The molecule has 1 heterocycles. The summed E-state index contributed by atoms with van der Waals surface area (Å²) in [6, 6.07) is 3.06. The highest BCUT2D eigenvalue weighted by molar-refractivity contribution is 7.74. The molecule has 0 spiro atoms. The Morgan fingerprint density at radius 3 is 2.47 bits per heavy atom. The second kappa shape index (κ2) is 5.32. The number of aliphatic hydroxyl groups is 1. The third kappa shape index (κ3) is 3.42. The van der Waals surface area contributed by atoms with Crippen LogP contribution in [0.25, 0.3) is 0 Å². The molecule has 0 aliphatic carbocycles. The summed E-state index contributed by atoms with van der Waals surface area (Å²) in [4.78, 5) is 29.6. The molecule has 3 unspecified atom stereocenters. The molecule has 0 saturated heterocycles. The first-order valence-electron chi connectivity index (χ1n) is 5.11. The number of methoxy groups -OCH3 is 1. The van der Waals surface area contributed by atoms with E-state index in [1.165, 1.54) is 25.6 Å². The first kappa shape index (κ1) is 16.3. The monoisotopic (exact) mass is 311 g/mol. The van der Waals surface area contributed by atoms with Crippen LogP contribution in [0.2, 0.25) is 0 Å². The molecule has 1 aromatic rings. The molecular formula is C9H15NO7P2. The van der Waals surface area contributed by atoms with E-state index >= 15 is 0 Å². The Labute approximate surface area is 109 Å². The van der Waals surface area contributed by atoms with Crippen molar-refractivity contribution >= 4 is 15.0 Å². The first-order chi connectivity index (χ1) is 8.51. The maximum Gasteiger partial charge on any atom is 0.263 e. The standard InChI is InChI=1S/C9H15NO7P2/c1-17-8-4-3-5-10(6-8)7-9(11,18(2,12)13)19(14,15)16/h3-6,11H,7H2,1-2H3,(H2-,12,13,14,15,16). The van der Waals surface area contributed by atoms with Gasteiger partial charge < -0.3 is 29.1 Å². The molecule has 0 fully saturated rings. The van der Waals surface area contributed by atoms with Crippen molar-refractivity contribution in [3.05, 3.63) is 24.5 Å². The fraction of sp³-hybridized carbons (Fsp3) is 0.444. The highest BCUT2D eigenvalue weighted by Gasteiger charge is 2.54. The Hall–Kier alpha value is -0.750. The molecular weight excluding hydrogens is 296 g/mol. The summed E-state index contributed by atoms with van der Waals surface area (Å²) in [5, 5.41) is 6.75.